The van der Waals surface area contributed by atoms with Crippen molar-refractivity contribution >= 4 is 10.2 Å². The molecule has 0 saturated carbocycles. The highest BCUT2D eigenvalue weighted by Gasteiger charge is 2.20. The quantitative estimate of drug-likeness (QED) is 0.413. The molecule has 0 aliphatic carbocycles. The van der Waals surface area contributed by atoms with Crippen molar-refractivity contribution in [2.75, 3.05) is 0 Å². The third-order valence-electron chi connectivity index (χ3n) is 2.28. The molecule has 0 bridgehead atoms. The molecule has 0 amide bonds. The first kappa shape index (κ1) is 12.0. The van der Waals surface area contributed by atoms with E-state index in [1.165, 1.54) is 32.1 Å². The average Bonchev–Trinajstić information content (AvgIpc) is 2.02. The van der Waals surface area contributed by atoms with Gasteiger partial charge in [0.1, 0.15) is 0 Å². The van der Waals surface area contributed by atoms with E-state index in [9.17, 15) is 0 Å². The van der Waals surface area contributed by atoms with E-state index in [0.717, 1.165) is 6.42 Å². The molecule has 0 N–H and O–H groups in total. The van der Waals surface area contributed by atoms with Crippen molar-refractivity contribution in [2.45, 2.75) is 57.4 Å². The van der Waals surface area contributed by atoms with Gasteiger partial charge < -0.3 is 0 Å². The Labute approximate surface area is 80.9 Å². The lowest BCUT2D eigenvalue weighted by molar-refractivity contribution is 0.438. The summed E-state index contributed by atoms with van der Waals surface area (Å²) >= 11 is 0. The summed E-state index contributed by atoms with van der Waals surface area (Å²) < 4.78 is 0. The number of rotatable bonds is 7. The Morgan fingerprint density at radius 2 is 1.67 bits per heavy atom. The second-order valence-corrected chi connectivity index (χ2v) is 4.67. The van der Waals surface area contributed by atoms with E-state index in [-0.39, 0.29) is 0 Å². The van der Waals surface area contributed by atoms with Crippen LogP contribution in [0.1, 0.15) is 52.4 Å². The molecule has 0 fully saturated rings. The van der Waals surface area contributed by atoms with Crippen molar-refractivity contribution in [3.63, 3.8) is 0 Å². The molecule has 0 saturated heterocycles. The Balaban J connectivity index is 3.88. The Morgan fingerprint density at radius 3 is 2.00 bits per heavy atom. The third kappa shape index (κ3) is 4.76. The molecule has 0 nitrogen and oxygen atoms in total. The molecule has 0 atom stereocenters. The normalized spacial score (nSPS) is 11.6. The zero-order chi connectivity index (χ0) is 9.45. The average molecular weight is 181 g/mol. The first-order valence-electron chi connectivity index (χ1n) is 5.04. The summed E-state index contributed by atoms with van der Waals surface area (Å²) in [5.41, 5.74) is 0. The van der Waals surface area contributed by atoms with Gasteiger partial charge in [0.2, 0.25) is 0 Å². The predicted molar refractivity (Wildman–Crippen MR) is 57.7 cm³/mol. The molecule has 0 heterocycles. The smallest absolute Gasteiger partial charge is 0.0313 e. The fourth-order valence-electron chi connectivity index (χ4n) is 1.71. The molecular formula is C11H21Si. The van der Waals surface area contributed by atoms with Gasteiger partial charge in [-0.1, -0.05) is 45.6 Å². The van der Waals surface area contributed by atoms with Crippen LogP contribution in [0.2, 0.25) is 5.04 Å². The highest BCUT2D eigenvalue weighted by molar-refractivity contribution is 6.15. The topological polar surface area (TPSA) is 0 Å². The van der Waals surface area contributed by atoms with Crippen LogP contribution >= 0.6 is 0 Å². The van der Waals surface area contributed by atoms with E-state index in [4.69, 9.17) is 0 Å². The number of allylic oxidation sites excluding steroid dienone is 1. The summed E-state index contributed by atoms with van der Waals surface area (Å²) in [6.07, 6.45) is 9.47. The zero-order valence-corrected chi connectivity index (χ0v) is 9.53. The molecule has 0 aromatic heterocycles. The fraction of sp³-hybridized carbons (Fsp3) is 0.818. The Hall–Kier alpha value is -0.0431. The van der Waals surface area contributed by atoms with Crippen molar-refractivity contribution < 1.29 is 0 Å². The van der Waals surface area contributed by atoms with Gasteiger partial charge in [-0.25, -0.2) is 0 Å². The molecule has 0 spiro atoms. The maximum Gasteiger partial charge on any atom is 0.0313 e. The minimum atomic E-state index is 0.387. The first-order chi connectivity index (χ1) is 5.68. The fourth-order valence-corrected chi connectivity index (χ4v) is 2.35. The van der Waals surface area contributed by atoms with Crippen LogP contribution in [0.15, 0.2) is 12.7 Å². The van der Waals surface area contributed by atoms with E-state index in [2.05, 4.69) is 30.7 Å². The van der Waals surface area contributed by atoms with Crippen molar-refractivity contribution in [1.82, 2.24) is 0 Å². The van der Waals surface area contributed by atoms with Crippen molar-refractivity contribution in [2.24, 2.45) is 0 Å². The predicted octanol–water partition coefficient (Wildman–Crippen LogP) is 3.88. The van der Waals surface area contributed by atoms with E-state index in [1.807, 2.05) is 6.08 Å². The Bertz CT molecular complexity index is 112. The van der Waals surface area contributed by atoms with Crippen LogP contribution in [-0.2, 0) is 0 Å². The number of hydrogen-bond acceptors (Lipinski definition) is 0. The largest absolute Gasteiger partial charge is 0.103 e. The molecule has 0 unspecified atom stereocenters. The van der Waals surface area contributed by atoms with Gasteiger partial charge in [-0.3, -0.25) is 0 Å². The molecule has 0 aromatic rings. The summed E-state index contributed by atoms with van der Waals surface area (Å²) in [5, 5.41) is 0.387. The summed E-state index contributed by atoms with van der Waals surface area (Å²) in [5.74, 6) is 0. The lowest BCUT2D eigenvalue weighted by Crippen LogP contribution is -2.12. The minimum Gasteiger partial charge on any atom is -0.103 e. The first-order valence-corrected chi connectivity index (χ1v) is 5.54. The molecule has 0 aromatic carbocycles. The van der Waals surface area contributed by atoms with E-state index in [0.29, 0.717) is 5.04 Å². The van der Waals surface area contributed by atoms with Crippen LogP contribution < -0.4 is 0 Å². The van der Waals surface area contributed by atoms with Gasteiger partial charge >= 0.3 is 0 Å². The second kappa shape index (κ2) is 6.47. The van der Waals surface area contributed by atoms with Crippen LogP contribution in [0.25, 0.3) is 0 Å². The van der Waals surface area contributed by atoms with Crippen LogP contribution in [0.5, 0.6) is 0 Å². The van der Waals surface area contributed by atoms with Crippen LogP contribution in [-0.4, -0.2) is 10.2 Å². The van der Waals surface area contributed by atoms with Gasteiger partial charge in [0.05, 0.1) is 0 Å². The summed E-state index contributed by atoms with van der Waals surface area (Å²) in [7, 11) is 3.91. The van der Waals surface area contributed by atoms with Gasteiger partial charge in [-0.2, -0.15) is 0 Å². The lowest BCUT2D eigenvalue weighted by atomic mass is 9.92. The van der Waals surface area contributed by atoms with Gasteiger partial charge in [-0.15, -0.1) is 6.58 Å². The Morgan fingerprint density at radius 1 is 1.17 bits per heavy atom. The van der Waals surface area contributed by atoms with Crippen molar-refractivity contribution in [1.29, 1.82) is 0 Å². The molecule has 12 heavy (non-hydrogen) atoms. The number of hydrogen-bond donors (Lipinski definition) is 0. The standard InChI is InChI=1S/C11H21Si/c1-4-7-10-11(12,8-5-2)9-6-3/h4H,1,5-10H2,2-3H3. The van der Waals surface area contributed by atoms with Gasteiger partial charge in [0.25, 0.3) is 0 Å². The van der Waals surface area contributed by atoms with Crippen LogP contribution in [0.3, 0.4) is 0 Å². The molecule has 1 heteroatoms. The molecule has 0 rings (SSSR count). The molecule has 3 radical (unpaired) electrons. The van der Waals surface area contributed by atoms with Crippen molar-refractivity contribution in [3.8, 4) is 0 Å². The highest BCUT2D eigenvalue weighted by atomic mass is 28.1. The summed E-state index contributed by atoms with van der Waals surface area (Å²) in [4.78, 5) is 0. The molecule has 69 valence electrons. The van der Waals surface area contributed by atoms with E-state index < -0.39 is 0 Å². The maximum absolute atomic E-state index is 3.91. The third-order valence-corrected chi connectivity index (χ3v) is 3.03. The van der Waals surface area contributed by atoms with Gasteiger partial charge in [0.15, 0.2) is 0 Å². The second-order valence-electron chi connectivity index (χ2n) is 3.61. The van der Waals surface area contributed by atoms with Crippen molar-refractivity contribution in [3.05, 3.63) is 12.7 Å². The van der Waals surface area contributed by atoms with Gasteiger partial charge in [-0.05, 0) is 17.9 Å². The summed E-state index contributed by atoms with van der Waals surface area (Å²) in [6.45, 7) is 8.26. The minimum absolute atomic E-state index is 0.387. The van der Waals surface area contributed by atoms with E-state index in [1.54, 1.807) is 0 Å². The van der Waals surface area contributed by atoms with Gasteiger partial charge in [0, 0.05) is 10.2 Å². The van der Waals surface area contributed by atoms with Crippen LogP contribution in [0.4, 0.5) is 0 Å². The summed E-state index contributed by atoms with van der Waals surface area (Å²) in [6, 6.07) is 0. The van der Waals surface area contributed by atoms with Crippen LogP contribution in [0, 0.1) is 0 Å². The SMILES string of the molecule is C=CCCC([Si])(CCC)CCC. The molecule has 0 aliphatic heterocycles. The van der Waals surface area contributed by atoms with E-state index >= 15 is 0 Å². The lowest BCUT2D eigenvalue weighted by Gasteiger charge is -2.28. The zero-order valence-electron chi connectivity index (χ0n) is 8.53. The Kier molecular flexibility index (Phi) is 6.45. The molecule has 0 aliphatic rings. The highest BCUT2D eigenvalue weighted by Crippen LogP contribution is 2.38. The monoisotopic (exact) mass is 181 g/mol. The molecular weight excluding hydrogens is 160 g/mol. The maximum atomic E-state index is 3.91.